The fourth-order valence-electron chi connectivity index (χ4n) is 2.83. The predicted molar refractivity (Wildman–Crippen MR) is 104 cm³/mol. The van der Waals surface area contributed by atoms with Crippen molar-refractivity contribution in [3.05, 3.63) is 56.1 Å². The first-order chi connectivity index (χ1) is 13.9. The molecule has 0 aliphatic carbocycles. The van der Waals surface area contributed by atoms with Crippen LogP contribution in [0.3, 0.4) is 0 Å². The third-order valence-electron chi connectivity index (χ3n) is 4.28. The van der Waals surface area contributed by atoms with E-state index in [1.54, 1.807) is 13.0 Å². The Morgan fingerprint density at radius 3 is 2.34 bits per heavy atom. The molecular formula is C18H18N4O7. The Morgan fingerprint density at radius 1 is 1.03 bits per heavy atom. The molecule has 2 aromatic carbocycles. The van der Waals surface area contributed by atoms with Crippen LogP contribution in [0.2, 0.25) is 0 Å². The van der Waals surface area contributed by atoms with Crippen molar-refractivity contribution >= 4 is 28.7 Å². The number of benzene rings is 2. The summed E-state index contributed by atoms with van der Waals surface area (Å²) < 4.78 is 10.9. The van der Waals surface area contributed by atoms with E-state index in [9.17, 15) is 25.0 Å². The summed E-state index contributed by atoms with van der Waals surface area (Å²) in [6.07, 6.45) is 0.636. The number of nitrogens with one attached hydrogen (secondary N) is 2. The molecule has 2 aromatic rings. The summed E-state index contributed by atoms with van der Waals surface area (Å²) in [5.41, 5.74) is 0.374. The molecular weight excluding hydrogens is 384 g/mol. The van der Waals surface area contributed by atoms with E-state index in [0.29, 0.717) is 36.6 Å². The van der Waals surface area contributed by atoms with Crippen molar-refractivity contribution in [3.8, 4) is 11.5 Å². The number of carbonyl (C=O) groups is 1. The van der Waals surface area contributed by atoms with Gasteiger partial charge in [0.15, 0.2) is 11.5 Å². The molecule has 1 amide bonds. The lowest BCUT2D eigenvalue weighted by Crippen LogP contribution is -2.22. The lowest BCUT2D eigenvalue weighted by molar-refractivity contribution is -0.385. The molecule has 0 unspecified atom stereocenters. The van der Waals surface area contributed by atoms with E-state index in [4.69, 9.17) is 9.47 Å². The van der Waals surface area contributed by atoms with E-state index >= 15 is 0 Å². The van der Waals surface area contributed by atoms with Gasteiger partial charge in [0, 0.05) is 29.8 Å². The molecule has 0 saturated heterocycles. The second-order valence-electron chi connectivity index (χ2n) is 6.23. The number of rotatable bonds is 6. The highest BCUT2D eigenvalue weighted by Gasteiger charge is 2.23. The summed E-state index contributed by atoms with van der Waals surface area (Å²) in [6.45, 7) is 2.09. The molecule has 0 fully saturated rings. The lowest BCUT2D eigenvalue weighted by atomic mass is 10.1. The van der Waals surface area contributed by atoms with E-state index in [1.807, 2.05) is 0 Å². The number of anilines is 2. The van der Waals surface area contributed by atoms with Crippen molar-refractivity contribution in [2.45, 2.75) is 13.3 Å². The normalized spacial score (nSPS) is 12.6. The monoisotopic (exact) mass is 402 g/mol. The van der Waals surface area contributed by atoms with Gasteiger partial charge in [-0.05, 0) is 13.0 Å². The van der Waals surface area contributed by atoms with E-state index in [1.165, 1.54) is 24.3 Å². The van der Waals surface area contributed by atoms with Crippen LogP contribution in [0, 0.1) is 27.2 Å². The highest BCUT2D eigenvalue weighted by Crippen LogP contribution is 2.39. The van der Waals surface area contributed by atoms with Crippen molar-refractivity contribution in [3.63, 3.8) is 0 Å². The number of fused-ring (bicyclic) bond motifs is 1. The number of nitrogens with zero attached hydrogens (tertiary/aromatic N) is 2. The van der Waals surface area contributed by atoms with Gasteiger partial charge < -0.3 is 20.1 Å². The zero-order valence-electron chi connectivity index (χ0n) is 15.5. The molecule has 29 heavy (non-hydrogen) atoms. The van der Waals surface area contributed by atoms with Gasteiger partial charge in [-0.15, -0.1) is 0 Å². The maximum absolute atomic E-state index is 12.3. The molecule has 0 radical (unpaired) electrons. The molecule has 1 aliphatic heterocycles. The Bertz CT molecular complexity index is 977. The Morgan fingerprint density at radius 2 is 1.69 bits per heavy atom. The number of hydrogen-bond donors (Lipinski definition) is 2. The first kappa shape index (κ1) is 19.9. The number of ether oxygens (including phenoxy) is 2. The van der Waals surface area contributed by atoms with Gasteiger partial charge in [0.2, 0.25) is 5.91 Å². The molecule has 0 aromatic heterocycles. The summed E-state index contributed by atoms with van der Waals surface area (Å²) in [5.74, 6) is -0.00284. The van der Waals surface area contributed by atoms with Crippen LogP contribution in [-0.2, 0) is 4.79 Å². The van der Waals surface area contributed by atoms with Gasteiger partial charge in [0.1, 0.15) is 5.69 Å². The summed E-state index contributed by atoms with van der Waals surface area (Å²) in [7, 11) is 0. The van der Waals surface area contributed by atoms with Crippen LogP contribution in [0.1, 0.15) is 12.0 Å². The van der Waals surface area contributed by atoms with Gasteiger partial charge in [-0.25, -0.2) is 0 Å². The largest absolute Gasteiger partial charge is 0.489 e. The van der Waals surface area contributed by atoms with Gasteiger partial charge in [-0.3, -0.25) is 25.0 Å². The van der Waals surface area contributed by atoms with Crippen LogP contribution in [0.5, 0.6) is 11.5 Å². The average Bonchev–Trinajstić information content (AvgIpc) is 2.91. The molecule has 0 saturated carbocycles. The first-order valence-corrected chi connectivity index (χ1v) is 8.72. The minimum Gasteiger partial charge on any atom is -0.489 e. The smallest absolute Gasteiger partial charge is 0.296 e. The zero-order chi connectivity index (χ0) is 21.0. The first-order valence-electron chi connectivity index (χ1n) is 8.72. The second kappa shape index (κ2) is 8.42. The van der Waals surface area contributed by atoms with Crippen molar-refractivity contribution in [1.82, 2.24) is 0 Å². The quantitative estimate of drug-likeness (QED) is 0.554. The molecule has 2 N–H and O–H groups in total. The Kier molecular flexibility index (Phi) is 5.77. The van der Waals surface area contributed by atoms with Crippen LogP contribution in [0.4, 0.5) is 22.7 Å². The number of nitro groups is 2. The van der Waals surface area contributed by atoms with Gasteiger partial charge in [0.25, 0.3) is 11.4 Å². The van der Waals surface area contributed by atoms with Crippen molar-refractivity contribution in [2.75, 3.05) is 30.4 Å². The fourth-order valence-corrected chi connectivity index (χ4v) is 2.83. The number of amides is 1. The minimum absolute atomic E-state index is 0.0261. The van der Waals surface area contributed by atoms with Crippen LogP contribution in [-0.4, -0.2) is 35.5 Å². The topological polar surface area (TPSA) is 146 Å². The van der Waals surface area contributed by atoms with E-state index in [0.717, 1.165) is 0 Å². The molecule has 1 aliphatic rings. The van der Waals surface area contributed by atoms with Gasteiger partial charge in [0.05, 0.1) is 35.7 Å². The van der Waals surface area contributed by atoms with Crippen molar-refractivity contribution in [2.24, 2.45) is 0 Å². The number of carbonyl (C=O) groups excluding carboxylic acids is 1. The van der Waals surface area contributed by atoms with E-state index in [2.05, 4.69) is 10.6 Å². The molecule has 152 valence electrons. The minimum atomic E-state index is -0.623. The molecule has 0 spiro atoms. The molecule has 0 atom stereocenters. The Labute approximate surface area is 164 Å². The van der Waals surface area contributed by atoms with Crippen LogP contribution in [0.25, 0.3) is 0 Å². The van der Waals surface area contributed by atoms with Crippen molar-refractivity contribution in [1.29, 1.82) is 0 Å². The summed E-state index contributed by atoms with van der Waals surface area (Å²) in [6, 6.07) is 7.04. The Hall–Kier alpha value is -3.89. The van der Waals surface area contributed by atoms with Crippen LogP contribution >= 0.6 is 0 Å². The van der Waals surface area contributed by atoms with Gasteiger partial charge in [-0.1, -0.05) is 6.07 Å². The fraction of sp³-hybridized carbons (Fsp3) is 0.278. The van der Waals surface area contributed by atoms with E-state index in [-0.39, 0.29) is 29.4 Å². The molecule has 1 heterocycles. The molecule has 11 nitrogen and oxygen atoms in total. The number of hydrogen-bond acceptors (Lipinski definition) is 8. The second-order valence-corrected chi connectivity index (χ2v) is 6.23. The summed E-state index contributed by atoms with van der Waals surface area (Å²) >= 11 is 0. The van der Waals surface area contributed by atoms with Crippen LogP contribution in [0.15, 0.2) is 30.3 Å². The Balaban J connectivity index is 1.75. The zero-order valence-corrected chi connectivity index (χ0v) is 15.5. The third-order valence-corrected chi connectivity index (χ3v) is 4.28. The summed E-state index contributed by atoms with van der Waals surface area (Å²) in [5, 5.41) is 27.7. The standard InChI is InChI=1S/C18H18N4O7/c1-11-12(4-2-5-14(11)21(24)25)19-10-18(23)20-13-8-16-17(9-15(13)22(26)27)29-7-3-6-28-16/h2,4-5,8-9,19H,3,6-7,10H2,1H3,(H,20,23). The van der Waals surface area contributed by atoms with Gasteiger partial charge >= 0.3 is 0 Å². The molecule has 3 rings (SSSR count). The predicted octanol–water partition coefficient (Wildman–Crippen LogP) is 3.02. The highest BCUT2D eigenvalue weighted by molar-refractivity contribution is 5.96. The van der Waals surface area contributed by atoms with Crippen LogP contribution < -0.4 is 20.1 Å². The molecule has 0 bridgehead atoms. The van der Waals surface area contributed by atoms with Gasteiger partial charge in [-0.2, -0.15) is 0 Å². The highest BCUT2D eigenvalue weighted by atomic mass is 16.6. The maximum atomic E-state index is 12.3. The SMILES string of the molecule is Cc1c(NCC(=O)Nc2cc3c(cc2[N+](=O)[O-])OCCCO3)cccc1[N+](=O)[O-]. The van der Waals surface area contributed by atoms with E-state index < -0.39 is 15.8 Å². The van der Waals surface area contributed by atoms with Crippen molar-refractivity contribution < 1.29 is 24.1 Å². The maximum Gasteiger partial charge on any atom is 0.296 e. The lowest BCUT2D eigenvalue weighted by Gasteiger charge is -2.12. The third kappa shape index (κ3) is 4.51. The number of nitro benzene ring substituents is 2. The average molecular weight is 402 g/mol. The summed E-state index contributed by atoms with van der Waals surface area (Å²) in [4.78, 5) is 33.6. The molecule has 11 heteroatoms.